The molecule has 1 aliphatic carbocycles. The van der Waals surface area contributed by atoms with Crippen molar-refractivity contribution in [1.29, 1.82) is 0 Å². The molecular formula is C15H26N4O4. The van der Waals surface area contributed by atoms with E-state index in [9.17, 15) is 14.7 Å². The summed E-state index contributed by atoms with van der Waals surface area (Å²) in [6.45, 7) is 4.17. The Hall–Kier alpha value is -1.67. The van der Waals surface area contributed by atoms with Crippen LogP contribution in [0.15, 0.2) is 4.79 Å². The molecule has 2 N–H and O–H groups in total. The maximum atomic E-state index is 11.8. The summed E-state index contributed by atoms with van der Waals surface area (Å²) >= 11 is 0. The van der Waals surface area contributed by atoms with E-state index < -0.39 is 6.10 Å². The molecule has 0 bridgehead atoms. The molecule has 1 amide bonds. The van der Waals surface area contributed by atoms with E-state index >= 15 is 0 Å². The molecule has 1 fully saturated rings. The van der Waals surface area contributed by atoms with Crippen LogP contribution in [0.3, 0.4) is 0 Å². The van der Waals surface area contributed by atoms with E-state index in [4.69, 9.17) is 4.74 Å². The monoisotopic (exact) mass is 326 g/mol. The van der Waals surface area contributed by atoms with Gasteiger partial charge in [0.25, 0.3) is 0 Å². The first-order chi connectivity index (χ1) is 10.8. The van der Waals surface area contributed by atoms with Crippen molar-refractivity contribution in [2.45, 2.75) is 44.8 Å². The minimum atomic E-state index is -0.511. The van der Waals surface area contributed by atoms with Crippen molar-refractivity contribution in [2.75, 3.05) is 13.2 Å². The molecule has 3 atom stereocenters. The summed E-state index contributed by atoms with van der Waals surface area (Å²) in [6.07, 6.45) is 0.737. The van der Waals surface area contributed by atoms with E-state index in [0.29, 0.717) is 25.2 Å². The molecule has 8 heteroatoms. The summed E-state index contributed by atoms with van der Waals surface area (Å²) in [5.74, 6) is 0.492. The van der Waals surface area contributed by atoms with Crippen molar-refractivity contribution in [1.82, 2.24) is 19.7 Å². The molecule has 1 saturated carbocycles. The highest BCUT2D eigenvalue weighted by Crippen LogP contribution is 2.36. The van der Waals surface area contributed by atoms with Crippen molar-refractivity contribution >= 4 is 5.91 Å². The molecule has 2 rings (SSSR count). The number of rotatable bonds is 6. The van der Waals surface area contributed by atoms with Crippen LogP contribution in [0.5, 0.6) is 0 Å². The molecule has 23 heavy (non-hydrogen) atoms. The fourth-order valence-corrected chi connectivity index (χ4v) is 3.01. The quantitative estimate of drug-likeness (QED) is 0.735. The van der Waals surface area contributed by atoms with Crippen molar-refractivity contribution in [3.8, 4) is 0 Å². The number of hydrogen-bond acceptors (Lipinski definition) is 5. The number of amides is 1. The second-order valence-electron chi connectivity index (χ2n) is 6.48. The highest BCUT2D eigenvalue weighted by molar-refractivity contribution is 5.77. The summed E-state index contributed by atoms with van der Waals surface area (Å²) in [6, 6.07) is 0. The van der Waals surface area contributed by atoms with E-state index in [-0.39, 0.29) is 36.1 Å². The number of nitrogens with one attached hydrogen (secondary N) is 1. The molecule has 0 radical (unpaired) electrons. The standard InChI is InChI=1S/C15H26N4O4/c1-9(2)23-8-13(21)16-7-11-5-10(6-12(11)20)14-17-19(4)15(22)18(14)3/h9-12,20H,5-8H2,1-4H3,(H,16,21)/t10-,11+,12+/m0/s1. The first-order valence-corrected chi connectivity index (χ1v) is 7.95. The maximum Gasteiger partial charge on any atom is 0.345 e. The maximum absolute atomic E-state index is 11.8. The van der Waals surface area contributed by atoms with E-state index in [1.807, 2.05) is 13.8 Å². The zero-order valence-corrected chi connectivity index (χ0v) is 14.2. The zero-order valence-electron chi connectivity index (χ0n) is 14.2. The number of aliphatic hydroxyl groups excluding tert-OH is 1. The highest BCUT2D eigenvalue weighted by Gasteiger charge is 2.36. The normalized spacial score (nSPS) is 24.3. The van der Waals surface area contributed by atoms with Gasteiger partial charge in [0.2, 0.25) is 5.91 Å². The molecule has 0 aromatic carbocycles. The molecule has 0 unspecified atom stereocenters. The third-order valence-corrected chi connectivity index (χ3v) is 4.29. The molecule has 130 valence electrons. The first-order valence-electron chi connectivity index (χ1n) is 7.95. The van der Waals surface area contributed by atoms with Gasteiger partial charge in [0, 0.05) is 32.5 Å². The number of aliphatic hydroxyl groups is 1. The predicted octanol–water partition coefficient (Wildman–Crippen LogP) is -0.485. The second-order valence-corrected chi connectivity index (χ2v) is 6.48. The third kappa shape index (κ3) is 4.20. The van der Waals surface area contributed by atoms with Crippen LogP contribution >= 0.6 is 0 Å². The summed E-state index contributed by atoms with van der Waals surface area (Å²) in [7, 11) is 3.30. The average molecular weight is 326 g/mol. The third-order valence-electron chi connectivity index (χ3n) is 4.29. The molecule has 8 nitrogen and oxygen atoms in total. The van der Waals surface area contributed by atoms with Crippen molar-refractivity contribution in [3.63, 3.8) is 0 Å². The van der Waals surface area contributed by atoms with Gasteiger partial charge in [-0.1, -0.05) is 0 Å². The predicted molar refractivity (Wildman–Crippen MR) is 84.0 cm³/mol. The Balaban J connectivity index is 1.90. The molecule has 0 saturated heterocycles. The van der Waals surface area contributed by atoms with Crippen LogP contribution in [0.25, 0.3) is 0 Å². The minimum Gasteiger partial charge on any atom is -0.393 e. The fourth-order valence-electron chi connectivity index (χ4n) is 3.01. The molecule has 1 aromatic heterocycles. The van der Waals surface area contributed by atoms with Crippen LogP contribution < -0.4 is 11.0 Å². The van der Waals surface area contributed by atoms with Crippen molar-refractivity contribution in [2.24, 2.45) is 20.0 Å². The van der Waals surface area contributed by atoms with Gasteiger partial charge in [0.1, 0.15) is 12.4 Å². The Morgan fingerprint density at radius 2 is 2.13 bits per heavy atom. The van der Waals surface area contributed by atoms with Crippen LogP contribution in [-0.2, 0) is 23.6 Å². The lowest BCUT2D eigenvalue weighted by molar-refractivity contribution is -0.127. The summed E-state index contributed by atoms with van der Waals surface area (Å²) in [4.78, 5) is 23.5. The molecule has 1 heterocycles. The van der Waals surface area contributed by atoms with Gasteiger partial charge >= 0.3 is 5.69 Å². The van der Waals surface area contributed by atoms with Gasteiger partial charge in [-0.25, -0.2) is 9.48 Å². The van der Waals surface area contributed by atoms with Gasteiger partial charge in [0.05, 0.1) is 12.2 Å². The second kappa shape index (κ2) is 7.27. The minimum absolute atomic E-state index is 0.00708. The van der Waals surface area contributed by atoms with Crippen molar-refractivity contribution < 1.29 is 14.6 Å². The van der Waals surface area contributed by atoms with Crippen LogP contribution in [0, 0.1) is 5.92 Å². The Morgan fingerprint density at radius 1 is 1.43 bits per heavy atom. The summed E-state index contributed by atoms with van der Waals surface area (Å²) in [5, 5.41) is 17.3. The Bertz CT molecular complexity index is 607. The zero-order chi connectivity index (χ0) is 17.1. The van der Waals surface area contributed by atoms with E-state index in [0.717, 1.165) is 0 Å². The molecule has 0 aliphatic heterocycles. The smallest absolute Gasteiger partial charge is 0.345 e. The van der Waals surface area contributed by atoms with E-state index in [1.54, 1.807) is 14.1 Å². The number of ether oxygens (including phenoxy) is 1. The number of aromatic nitrogens is 3. The topological polar surface area (TPSA) is 98.4 Å². The van der Waals surface area contributed by atoms with Gasteiger partial charge in [0.15, 0.2) is 0 Å². The SMILES string of the molecule is CC(C)OCC(=O)NC[C@H]1C[C@H](c2nn(C)c(=O)n2C)C[C@H]1O. The lowest BCUT2D eigenvalue weighted by Crippen LogP contribution is -2.35. The van der Waals surface area contributed by atoms with Gasteiger partial charge in [-0.15, -0.1) is 0 Å². The van der Waals surface area contributed by atoms with Crippen LogP contribution in [0.2, 0.25) is 0 Å². The van der Waals surface area contributed by atoms with Gasteiger partial charge in [-0.2, -0.15) is 5.10 Å². The molecule has 1 aliphatic rings. The van der Waals surface area contributed by atoms with Crippen molar-refractivity contribution in [3.05, 3.63) is 16.3 Å². The van der Waals surface area contributed by atoms with Crippen LogP contribution in [0.4, 0.5) is 0 Å². The fraction of sp³-hybridized carbons (Fsp3) is 0.800. The Morgan fingerprint density at radius 3 is 2.70 bits per heavy atom. The van der Waals surface area contributed by atoms with Gasteiger partial charge in [-0.3, -0.25) is 9.36 Å². The Kier molecular flexibility index (Phi) is 5.59. The Labute approximate surface area is 135 Å². The van der Waals surface area contributed by atoms with Crippen LogP contribution in [0.1, 0.15) is 38.4 Å². The number of carbonyl (C=O) groups excluding carboxylic acids is 1. The largest absolute Gasteiger partial charge is 0.393 e. The first kappa shape index (κ1) is 17.7. The highest BCUT2D eigenvalue weighted by atomic mass is 16.5. The molecule has 1 aromatic rings. The summed E-state index contributed by atoms with van der Waals surface area (Å²) < 4.78 is 8.07. The lowest BCUT2D eigenvalue weighted by Gasteiger charge is -2.15. The van der Waals surface area contributed by atoms with Crippen LogP contribution in [-0.4, -0.2) is 50.7 Å². The van der Waals surface area contributed by atoms with Gasteiger partial charge in [-0.05, 0) is 26.7 Å². The average Bonchev–Trinajstić information content (AvgIpc) is 2.98. The number of carbonyl (C=O) groups is 1. The van der Waals surface area contributed by atoms with E-state index in [2.05, 4.69) is 10.4 Å². The number of hydrogen-bond donors (Lipinski definition) is 2. The number of nitrogens with zero attached hydrogens (tertiary/aromatic N) is 3. The summed E-state index contributed by atoms with van der Waals surface area (Å²) in [5.41, 5.74) is -0.169. The molecule has 0 spiro atoms. The number of aryl methyl sites for hydroxylation is 1. The molecular weight excluding hydrogens is 300 g/mol. The van der Waals surface area contributed by atoms with E-state index in [1.165, 1.54) is 9.25 Å². The lowest BCUT2D eigenvalue weighted by atomic mass is 10.0. The van der Waals surface area contributed by atoms with Gasteiger partial charge < -0.3 is 15.2 Å².